The number of rotatable bonds is 18. The Labute approximate surface area is 242 Å². The molecular weight excluding hydrogens is 528 g/mol. The van der Waals surface area contributed by atoms with Gasteiger partial charge in [-0.1, -0.05) is 69.2 Å². The predicted octanol–water partition coefficient (Wildman–Crippen LogP) is 6.52. The van der Waals surface area contributed by atoms with Gasteiger partial charge in [0.15, 0.2) is 11.7 Å². The first kappa shape index (κ1) is 33.4. The van der Waals surface area contributed by atoms with E-state index in [-0.39, 0.29) is 17.3 Å². The Morgan fingerprint density at radius 1 is 0.900 bits per heavy atom. The van der Waals surface area contributed by atoms with Gasteiger partial charge in [0.25, 0.3) is 11.7 Å². The summed E-state index contributed by atoms with van der Waals surface area (Å²) in [5, 5.41) is 0.695. The monoisotopic (exact) mass is 574 g/mol. The van der Waals surface area contributed by atoms with E-state index in [9.17, 15) is 19.2 Å². The van der Waals surface area contributed by atoms with Gasteiger partial charge in [-0.2, -0.15) is 0 Å². The number of amides is 1. The maximum atomic E-state index is 12.8. The first-order chi connectivity index (χ1) is 18.9. The average Bonchev–Trinajstić information content (AvgIpc) is 3.15. The number of nitrogens with two attached hydrogens (primary N) is 1. The number of hydrogen-bond donors (Lipinski definition) is 1. The summed E-state index contributed by atoms with van der Waals surface area (Å²) in [5.41, 5.74) is 6.40. The van der Waals surface area contributed by atoms with E-state index >= 15 is 0 Å². The lowest BCUT2D eigenvalue weighted by Gasteiger charge is -2.19. The fourth-order valence-corrected chi connectivity index (χ4v) is 5.45. The van der Waals surface area contributed by atoms with E-state index in [4.69, 9.17) is 15.2 Å². The topological polar surface area (TPSA) is 118 Å². The molecule has 0 aliphatic rings. The van der Waals surface area contributed by atoms with Crippen LogP contribution < -0.4 is 10.5 Å². The Morgan fingerprint density at radius 3 is 2.02 bits per heavy atom. The minimum Gasteiger partial charge on any atom is -0.481 e. The van der Waals surface area contributed by atoms with Crippen LogP contribution in [0.25, 0.3) is 10.9 Å². The van der Waals surface area contributed by atoms with E-state index in [1.807, 2.05) is 23.6 Å². The molecule has 0 radical (unpaired) electrons. The molecule has 0 unspecified atom stereocenters. The number of aryl methyl sites for hydroxylation is 1. The number of unbranched alkanes of at least 4 members (excludes halogenated alkanes) is 9. The zero-order valence-corrected chi connectivity index (χ0v) is 25.6. The third-order valence-electron chi connectivity index (χ3n) is 6.61. The number of ether oxygens (including phenoxy) is 2. The van der Waals surface area contributed by atoms with Crippen molar-refractivity contribution in [3.8, 4) is 5.75 Å². The number of fused-ring (bicyclic) bond motifs is 1. The van der Waals surface area contributed by atoms with E-state index in [1.165, 1.54) is 50.3 Å². The Kier molecular flexibility index (Phi) is 13.7. The summed E-state index contributed by atoms with van der Waals surface area (Å²) in [5.74, 6) is -1.05. The number of esters is 1. The summed E-state index contributed by atoms with van der Waals surface area (Å²) in [6.45, 7) is 9.15. The first-order valence-electron chi connectivity index (χ1n) is 14.4. The third kappa shape index (κ3) is 11.0. The van der Waals surface area contributed by atoms with Crippen LogP contribution in [0.1, 0.15) is 108 Å². The molecule has 1 heterocycles. The summed E-state index contributed by atoms with van der Waals surface area (Å²) in [6.07, 6.45) is 11.6. The molecular formula is C31H46N2O6S. The molecule has 40 heavy (non-hydrogen) atoms. The molecule has 0 spiro atoms. The molecule has 0 fully saturated rings. The van der Waals surface area contributed by atoms with Gasteiger partial charge < -0.3 is 19.8 Å². The highest BCUT2D eigenvalue weighted by atomic mass is 32.2. The van der Waals surface area contributed by atoms with Crippen molar-refractivity contribution in [3.05, 3.63) is 29.5 Å². The summed E-state index contributed by atoms with van der Waals surface area (Å²) >= 11 is 1.42. The van der Waals surface area contributed by atoms with E-state index in [1.54, 1.807) is 33.8 Å². The molecule has 0 aliphatic heterocycles. The van der Waals surface area contributed by atoms with Gasteiger partial charge in [0.1, 0.15) is 11.4 Å². The number of thioether (sulfide) groups is 1. The molecule has 222 valence electrons. The van der Waals surface area contributed by atoms with E-state index in [0.29, 0.717) is 23.4 Å². The molecule has 8 nitrogen and oxygen atoms in total. The normalized spacial score (nSPS) is 11.5. The van der Waals surface area contributed by atoms with Crippen LogP contribution in [0.4, 0.5) is 0 Å². The molecule has 2 rings (SSSR count). The van der Waals surface area contributed by atoms with Gasteiger partial charge in [-0.05, 0) is 52.7 Å². The minimum absolute atomic E-state index is 0.203. The number of carbonyl (C=O) groups is 4. The van der Waals surface area contributed by atoms with Crippen molar-refractivity contribution in [1.82, 2.24) is 4.57 Å². The van der Waals surface area contributed by atoms with Crippen molar-refractivity contribution < 1.29 is 28.7 Å². The number of carbonyl (C=O) groups excluding carboxylic acids is 4. The summed E-state index contributed by atoms with van der Waals surface area (Å²) in [7, 11) is 0. The maximum absolute atomic E-state index is 12.8. The lowest BCUT2D eigenvalue weighted by molar-refractivity contribution is -0.157. The van der Waals surface area contributed by atoms with Crippen LogP contribution >= 0.6 is 11.8 Å². The number of ketones is 1. The highest BCUT2D eigenvalue weighted by Gasteiger charge is 2.26. The quantitative estimate of drug-likeness (QED) is 0.0932. The SMILES string of the molecule is CC(=O)SCCCCCCCCCCCCn1c(C)c(C(=O)C(N)=O)c2c(OCC(=O)OC(C)(C)C)cccc21. The maximum Gasteiger partial charge on any atom is 0.344 e. The Balaban J connectivity index is 1.94. The number of Topliss-reactive ketones (excluding diaryl/α,β-unsaturated/α-hetero) is 1. The van der Waals surface area contributed by atoms with Crippen LogP contribution in [0.3, 0.4) is 0 Å². The largest absolute Gasteiger partial charge is 0.481 e. The second kappa shape index (κ2) is 16.5. The van der Waals surface area contributed by atoms with Gasteiger partial charge in [-0.15, -0.1) is 0 Å². The van der Waals surface area contributed by atoms with Crippen LogP contribution in [-0.2, 0) is 25.7 Å². The molecule has 0 saturated carbocycles. The van der Waals surface area contributed by atoms with E-state index < -0.39 is 23.3 Å². The molecule has 0 aliphatic carbocycles. The number of benzene rings is 1. The molecule has 1 aromatic heterocycles. The smallest absolute Gasteiger partial charge is 0.344 e. The number of aromatic nitrogens is 1. The number of primary amides is 1. The number of nitrogens with zero attached hydrogens (tertiary/aromatic N) is 1. The van der Waals surface area contributed by atoms with Gasteiger partial charge in [0.05, 0.1) is 16.5 Å². The second-order valence-electron chi connectivity index (χ2n) is 11.2. The fourth-order valence-electron chi connectivity index (χ4n) is 4.81. The van der Waals surface area contributed by atoms with Crippen molar-refractivity contribution in [2.75, 3.05) is 12.4 Å². The van der Waals surface area contributed by atoms with Gasteiger partial charge in [0.2, 0.25) is 0 Å². The third-order valence-corrected chi connectivity index (χ3v) is 7.51. The van der Waals surface area contributed by atoms with Crippen LogP contribution in [-0.4, -0.2) is 45.3 Å². The zero-order valence-electron chi connectivity index (χ0n) is 24.8. The van der Waals surface area contributed by atoms with Gasteiger partial charge in [0, 0.05) is 24.9 Å². The number of hydrogen-bond acceptors (Lipinski definition) is 7. The Bertz CT molecular complexity index is 1160. The Hall–Kier alpha value is -2.81. The molecule has 0 bridgehead atoms. The van der Waals surface area contributed by atoms with Crippen molar-refractivity contribution in [2.24, 2.45) is 5.73 Å². The predicted molar refractivity (Wildman–Crippen MR) is 161 cm³/mol. The van der Waals surface area contributed by atoms with Gasteiger partial charge in [-0.3, -0.25) is 14.4 Å². The molecule has 1 amide bonds. The summed E-state index contributed by atoms with van der Waals surface area (Å²) in [4.78, 5) is 47.9. The van der Waals surface area contributed by atoms with E-state index in [0.717, 1.165) is 37.0 Å². The van der Waals surface area contributed by atoms with Crippen molar-refractivity contribution in [3.63, 3.8) is 0 Å². The molecule has 2 N–H and O–H groups in total. The van der Waals surface area contributed by atoms with Crippen LogP contribution in [0.15, 0.2) is 18.2 Å². The van der Waals surface area contributed by atoms with Crippen molar-refractivity contribution in [2.45, 2.75) is 111 Å². The first-order valence-corrected chi connectivity index (χ1v) is 15.3. The van der Waals surface area contributed by atoms with E-state index in [2.05, 4.69) is 0 Å². The molecule has 0 saturated heterocycles. The Morgan fingerprint density at radius 2 is 1.48 bits per heavy atom. The molecule has 2 aromatic rings. The summed E-state index contributed by atoms with van der Waals surface area (Å²) < 4.78 is 13.2. The lowest BCUT2D eigenvalue weighted by atomic mass is 10.1. The van der Waals surface area contributed by atoms with Crippen LogP contribution in [0.2, 0.25) is 0 Å². The second-order valence-corrected chi connectivity index (χ2v) is 12.5. The van der Waals surface area contributed by atoms with Crippen molar-refractivity contribution >= 4 is 45.4 Å². The molecule has 9 heteroatoms. The van der Waals surface area contributed by atoms with Gasteiger partial charge >= 0.3 is 5.97 Å². The standard InChI is InChI=1S/C31H46N2O6S/c1-22-27(29(36)30(32)37)28-24(17-16-18-25(28)38-21-26(35)39-31(3,4)5)33(22)19-14-12-10-8-6-7-9-11-13-15-20-40-23(2)34/h16-18H,6-15,19-21H2,1-5H3,(H2,32,37). The van der Waals surface area contributed by atoms with Gasteiger partial charge in [-0.25, -0.2) is 4.79 Å². The minimum atomic E-state index is -1.03. The zero-order chi connectivity index (χ0) is 29.7. The van der Waals surface area contributed by atoms with Crippen LogP contribution in [0, 0.1) is 6.92 Å². The molecule has 1 aromatic carbocycles. The molecule has 0 atom stereocenters. The highest BCUT2D eigenvalue weighted by molar-refractivity contribution is 8.13. The highest BCUT2D eigenvalue weighted by Crippen LogP contribution is 2.34. The average molecular weight is 575 g/mol. The lowest BCUT2D eigenvalue weighted by Crippen LogP contribution is -2.27. The van der Waals surface area contributed by atoms with Crippen LogP contribution in [0.5, 0.6) is 5.75 Å². The fraction of sp³-hybridized carbons (Fsp3) is 0.613. The summed E-state index contributed by atoms with van der Waals surface area (Å²) in [6, 6.07) is 5.38. The van der Waals surface area contributed by atoms with Crippen molar-refractivity contribution in [1.29, 1.82) is 0 Å².